The fraction of sp³-hybridized carbons (Fsp3) is 0.250. The third-order valence-electron chi connectivity index (χ3n) is 2.16. The number of nitro groups is 1. The van der Waals surface area contributed by atoms with Crippen molar-refractivity contribution in [2.45, 2.75) is 19.4 Å². The lowest BCUT2D eigenvalue weighted by Crippen LogP contribution is -2.07. The molecule has 0 radical (unpaired) electrons. The summed E-state index contributed by atoms with van der Waals surface area (Å²) in [5.74, 6) is -0.393. The van der Waals surface area contributed by atoms with Crippen LogP contribution >= 0.6 is 0 Å². The van der Waals surface area contributed by atoms with Crippen molar-refractivity contribution in [3.05, 3.63) is 52.6 Å². The van der Waals surface area contributed by atoms with Crippen molar-refractivity contribution >= 4 is 11.7 Å². The number of carbonyl (C=O) groups is 1. The summed E-state index contributed by atoms with van der Waals surface area (Å²) in [6.07, 6.45) is 1.66. The average Bonchev–Trinajstić information content (AvgIpc) is 2.28. The molecular formula is C12H13NO4. The van der Waals surface area contributed by atoms with E-state index >= 15 is 0 Å². The molecular weight excluding hydrogens is 222 g/mol. The van der Waals surface area contributed by atoms with E-state index in [4.69, 9.17) is 4.74 Å². The largest absolute Gasteiger partial charge is 0.457 e. The van der Waals surface area contributed by atoms with Gasteiger partial charge in [-0.2, -0.15) is 0 Å². The van der Waals surface area contributed by atoms with Crippen molar-refractivity contribution in [1.82, 2.24) is 0 Å². The van der Waals surface area contributed by atoms with Crippen molar-refractivity contribution < 1.29 is 14.5 Å². The van der Waals surface area contributed by atoms with Gasteiger partial charge in [0.25, 0.3) is 5.69 Å². The Morgan fingerprint density at radius 1 is 1.53 bits per heavy atom. The summed E-state index contributed by atoms with van der Waals surface area (Å²) in [7, 11) is 0. The molecule has 0 aliphatic heterocycles. The summed E-state index contributed by atoms with van der Waals surface area (Å²) in [5.41, 5.74) is 0.722. The first kappa shape index (κ1) is 12.9. The molecule has 0 saturated heterocycles. The molecule has 0 saturated carbocycles. The number of non-ortho nitro benzene ring substituents is 1. The molecule has 1 rings (SSSR count). The highest BCUT2D eigenvalue weighted by Crippen LogP contribution is 2.24. The zero-order chi connectivity index (χ0) is 12.8. The minimum Gasteiger partial charge on any atom is -0.457 e. The molecule has 0 N–H and O–H groups in total. The third-order valence-corrected chi connectivity index (χ3v) is 2.16. The summed E-state index contributed by atoms with van der Waals surface area (Å²) >= 11 is 0. The van der Waals surface area contributed by atoms with Gasteiger partial charge in [-0.05, 0) is 17.7 Å². The SMILES string of the molecule is C=CC[C@@H](OC(C)=O)c1ccc([N+](=O)[O-])cc1. The van der Waals surface area contributed by atoms with Crippen molar-refractivity contribution in [2.75, 3.05) is 0 Å². The first-order valence-electron chi connectivity index (χ1n) is 5.07. The maximum atomic E-state index is 10.9. The quantitative estimate of drug-likeness (QED) is 0.340. The monoisotopic (exact) mass is 235 g/mol. The Kier molecular flexibility index (Phi) is 4.39. The van der Waals surface area contributed by atoms with E-state index in [1.807, 2.05) is 0 Å². The molecule has 0 aromatic heterocycles. The first-order chi connectivity index (χ1) is 8.04. The molecule has 0 bridgehead atoms. The summed E-state index contributed by atoms with van der Waals surface area (Å²) in [6.45, 7) is 4.90. The predicted octanol–water partition coefficient (Wildman–Crippen LogP) is 2.78. The van der Waals surface area contributed by atoms with Gasteiger partial charge in [-0.25, -0.2) is 0 Å². The van der Waals surface area contributed by atoms with Crippen LogP contribution in [-0.2, 0) is 9.53 Å². The Morgan fingerprint density at radius 2 is 2.12 bits per heavy atom. The minimum atomic E-state index is -0.474. The molecule has 1 aromatic rings. The van der Waals surface area contributed by atoms with Crippen molar-refractivity contribution in [3.8, 4) is 0 Å². The average molecular weight is 235 g/mol. The highest BCUT2D eigenvalue weighted by molar-refractivity contribution is 5.66. The number of nitrogens with zero attached hydrogens (tertiary/aromatic N) is 1. The Bertz CT molecular complexity index is 425. The van der Waals surface area contributed by atoms with Crippen LogP contribution in [0.5, 0.6) is 0 Å². The van der Waals surface area contributed by atoms with Gasteiger partial charge < -0.3 is 4.74 Å². The molecule has 5 heteroatoms. The van der Waals surface area contributed by atoms with E-state index in [-0.39, 0.29) is 5.69 Å². The predicted molar refractivity (Wildman–Crippen MR) is 62.4 cm³/mol. The van der Waals surface area contributed by atoms with Crippen molar-refractivity contribution in [3.63, 3.8) is 0 Å². The van der Waals surface area contributed by atoms with Crippen molar-refractivity contribution in [1.29, 1.82) is 0 Å². The van der Waals surface area contributed by atoms with Crippen LogP contribution in [0.2, 0.25) is 0 Å². The summed E-state index contributed by atoms with van der Waals surface area (Å²) in [4.78, 5) is 20.9. The van der Waals surface area contributed by atoms with Crippen molar-refractivity contribution in [2.24, 2.45) is 0 Å². The lowest BCUT2D eigenvalue weighted by Gasteiger charge is -2.15. The number of benzene rings is 1. The standard InChI is InChI=1S/C12H13NO4/c1-3-4-12(17-9(2)14)10-5-7-11(8-6-10)13(15)16/h3,5-8,12H,1,4H2,2H3/t12-/m1/s1. The van der Waals surface area contributed by atoms with E-state index in [1.54, 1.807) is 18.2 Å². The Balaban J connectivity index is 2.90. The van der Waals surface area contributed by atoms with Crippen LogP contribution in [0.1, 0.15) is 25.0 Å². The minimum absolute atomic E-state index is 0.00827. The zero-order valence-electron chi connectivity index (χ0n) is 9.46. The normalized spacial score (nSPS) is 11.6. The van der Waals surface area contributed by atoms with Crippen LogP contribution in [0.3, 0.4) is 0 Å². The molecule has 0 heterocycles. The van der Waals surface area contributed by atoms with E-state index in [9.17, 15) is 14.9 Å². The molecule has 5 nitrogen and oxygen atoms in total. The number of nitro benzene ring substituents is 1. The smallest absolute Gasteiger partial charge is 0.303 e. The highest BCUT2D eigenvalue weighted by atomic mass is 16.6. The van der Waals surface area contributed by atoms with Crippen LogP contribution in [0, 0.1) is 10.1 Å². The molecule has 17 heavy (non-hydrogen) atoms. The Labute approximate surface area is 98.9 Å². The van der Waals surface area contributed by atoms with Gasteiger partial charge in [0.15, 0.2) is 0 Å². The van der Waals surface area contributed by atoms with Gasteiger partial charge in [0.05, 0.1) is 4.92 Å². The van der Waals surface area contributed by atoms with Crippen LogP contribution in [0.25, 0.3) is 0 Å². The number of esters is 1. The molecule has 0 spiro atoms. The topological polar surface area (TPSA) is 69.4 Å². The van der Waals surface area contributed by atoms with E-state index in [2.05, 4.69) is 6.58 Å². The van der Waals surface area contributed by atoms with E-state index in [0.29, 0.717) is 12.0 Å². The highest BCUT2D eigenvalue weighted by Gasteiger charge is 2.14. The second-order valence-corrected chi connectivity index (χ2v) is 3.47. The molecule has 0 aliphatic rings. The van der Waals surface area contributed by atoms with Gasteiger partial charge >= 0.3 is 5.97 Å². The molecule has 0 aliphatic carbocycles. The zero-order valence-corrected chi connectivity index (χ0v) is 9.46. The van der Waals surface area contributed by atoms with E-state index < -0.39 is 17.0 Å². The van der Waals surface area contributed by atoms with Crippen LogP contribution in [0.4, 0.5) is 5.69 Å². The second-order valence-electron chi connectivity index (χ2n) is 3.47. The molecule has 1 atom stereocenters. The van der Waals surface area contributed by atoms with E-state index in [1.165, 1.54) is 19.1 Å². The number of hydrogen-bond acceptors (Lipinski definition) is 4. The van der Waals surface area contributed by atoms with Gasteiger partial charge in [0.2, 0.25) is 0 Å². The molecule has 90 valence electrons. The number of rotatable bonds is 5. The summed E-state index contributed by atoms with van der Waals surface area (Å²) in [6, 6.07) is 5.92. The van der Waals surface area contributed by atoms with Crippen LogP contribution < -0.4 is 0 Å². The molecule has 0 fully saturated rings. The Hall–Kier alpha value is -2.17. The van der Waals surface area contributed by atoms with Gasteiger partial charge in [-0.1, -0.05) is 6.08 Å². The lowest BCUT2D eigenvalue weighted by atomic mass is 10.1. The molecule has 1 aromatic carbocycles. The van der Waals surface area contributed by atoms with Crippen LogP contribution in [0.15, 0.2) is 36.9 Å². The number of carbonyl (C=O) groups excluding carboxylic acids is 1. The summed E-state index contributed by atoms with van der Waals surface area (Å²) in [5, 5.41) is 10.5. The number of ether oxygens (including phenoxy) is 1. The van der Waals surface area contributed by atoms with E-state index in [0.717, 1.165) is 0 Å². The summed E-state index contributed by atoms with van der Waals surface area (Å²) < 4.78 is 5.10. The first-order valence-corrected chi connectivity index (χ1v) is 5.07. The maximum Gasteiger partial charge on any atom is 0.303 e. The lowest BCUT2D eigenvalue weighted by molar-refractivity contribution is -0.384. The Morgan fingerprint density at radius 3 is 2.53 bits per heavy atom. The van der Waals surface area contributed by atoms with Crippen LogP contribution in [-0.4, -0.2) is 10.9 Å². The fourth-order valence-electron chi connectivity index (χ4n) is 1.41. The van der Waals surface area contributed by atoms with Gasteiger partial charge in [0.1, 0.15) is 6.10 Å². The molecule has 0 amide bonds. The second kappa shape index (κ2) is 5.79. The van der Waals surface area contributed by atoms with Gasteiger partial charge in [0, 0.05) is 25.5 Å². The van der Waals surface area contributed by atoms with Gasteiger partial charge in [-0.15, -0.1) is 6.58 Å². The van der Waals surface area contributed by atoms with Gasteiger partial charge in [-0.3, -0.25) is 14.9 Å². The third kappa shape index (κ3) is 3.71. The fourth-order valence-corrected chi connectivity index (χ4v) is 1.41. The molecule has 0 unspecified atom stereocenters. The maximum absolute atomic E-state index is 10.9. The number of hydrogen-bond donors (Lipinski definition) is 0.